The molecule has 1 saturated heterocycles. The summed E-state index contributed by atoms with van der Waals surface area (Å²) in [4.78, 5) is 25.1. The monoisotopic (exact) mass is 369 g/mol. The van der Waals surface area contributed by atoms with E-state index in [1.54, 1.807) is 19.2 Å². The van der Waals surface area contributed by atoms with Crippen molar-refractivity contribution < 1.29 is 9.21 Å². The summed E-state index contributed by atoms with van der Waals surface area (Å²) >= 11 is 1.40. The van der Waals surface area contributed by atoms with E-state index < -0.39 is 11.5 Å². The van der Waals surface area contributed by atoms with Crippen molar-refractivity contribution in [1.82, 2.24) is 9.69 Å². The average molecular weight is 369 g/mol. The predicted molar refractivity (Wildman–Crippen MR) is 102 cm³/mol. The fourth-order valence-electron chi connectivity index (χ4n) is 3.35. The summed E-state index contributed by atoms with van der Waals surface area (Å²) in [6.45, 7) is 3.56. The number of piperidine rings is 1. The number of amides is 1. The number of nitrogens with zero attached hydrogens (tertiary/aromatic N) is 1. The van der Waals surface area contributed by atoms with Crippen LogP contribution in [-0.2, 0) is 0 Å². The van der Waals surface area contributed by atoms with E-state index >= 15 is 0 Å². The van der Waals surface area contributed by atoms with Gasteiger partial charge in [0.2, 0.25) is 0 Å². The van der Waals surface area contributed by atoms with Gasteiger partial charge in [-0.05, 0) is 67.7 Å². The van der Waals surface area contributed by atoms with Gasteiger partial charge in [-0.25, -0.2) is 4.79 Å². The van der Waals surface area contributed by atoms with E-state index in [9.17, 15) is 9.59 Å². The average Bonchev–Trinajstić information content (AvgIpc) is 3.09. The Balaban J connectivity index is 1.59. The van der Waals surface area contributed by atoms with Crippen LogP contribution in [0.2, 0.25) is 0 Å². The normalized spacial score (nSPS) is 17.3. The van der Waals surface area contributed by atoms with Gasteiger partial charge in [-0.2, -0.15) is 4.37 Å². The summed E-state index contributed by atoms with van der Waals surface area (Å²) in [5, 5.41) is 7.05. The van der Waals surface area contributed by atoms with Crippen molar-refractivity contribution in [2.75, 3.05) is 18.4 Å². The summed E-state index contributed by atoms with van der Waals surface area (Å²) in [5.41, 5.74) is 0.738. The van der Waals surface area contributed by atoms with E-state index in [2.05, 4.69) is 15.0 Å². The second kappa shape index (κ2) is 7.01. The highest BCUT2D eigenvalue weighted by Gasteiger charge is 2.22. The minimum Gasteiger partial charge on any atom is -0.427 e. The molecule has 1 unspecified atom stereocenters. The molecule has 0 saturated carbocycles. The van der Waals surface area contributed by atoms with Gasteiger partial charge in [0.05, 0.1) is 4.70 Å². The van der Waals surface area contributed by atoms with Crippen LogP contribution in [0.15, 0.2) is 39.7 Å². The first-order valence-electron chi connectivity index (χ1n) is 8.63. The predicted octanol–water partition coefficient (Wildman–Crippen LogP) is 3.28. The third-order valence-corrected chi connectivity index (χ3v) is 5.48. The molecule has 3 heterocycles. The van der Waals surface area contributed by atoms with Gasteiger partial charge in [-0.1, -0.05) is 0 Å². The molecular weight excluding hydrogens is 350 g/mol. The van der Waals surface area contributed by atoms with Crippen LogP contribution in [0.5, 0.6) is 0 Å². The Labute approximate surface area is 154 Å². The Morgan fingerprint density at radius 2 is 2.27 bits per heavy atom. The maximum Gasteiger partial charge on any atom is 0.349 e. The van der Waals surface area contributed by atoms with Crippen molar-refractivity contribution in [2.45, 2.75) is 25.7 Å². The molecule has 1 amide bonds. The van der Waals surface area contributed by atoms with E-state index in [4.69, 9.17) is 4.42 Å². The third kappa shape index (κ3) is 3.27. The lowest BCUT2D eigenvalue weighted by atomic mass is 9.95. The Morgan fingerprint density at radius 3 is 3.04 bits per heavy atom. The molecule has 6 nitrogen and oxygen atoms in total. The molecule has 4 rings (SSSR count). The molecule has 134 valence electrons. The van der Waals surface area contributed by atoms with E-state index in [1.807, 2.05) is 18.2 Å². The van der Waals surface area contributed by atoms with Crippen LogP contribution in [0.25, 0.3) is 10.1 Å². The lowest BCUT2D eigenvalue weighted by Gasteiger charge is -2.22. The summed E-state index contributed by atoms with van der Waals surface area (Å²) < 4.78 is 10.6. The lowest BCUT2D eigenvalue weighted by Crippen LogP contribution is -2.30. The van der Waals surface area contributed by atoms with Crippen molar-refractivity contribution in [1.29, 1.82) is 0 Å². The Kier molecular flexibility index (Phi) is 4.57. The number of hydrogen-bond acceptors (Lipinski definition) is 6. The topological polar surface area (TPSA) is 84.2 Å². The highest BCUT2D eigenvalue weighted by molar-refractivity contribution is 7.13. The highest BCUT2D eigenvalue weighted by atomic mass is 32.1. The smallest absolute Gasteiger partial charge is 0.349 e. The summed E-state index contributed by atoms with van der Waals surface area (Å²) in [7, 11) is 0. The molecule has 26 heavy (non-hydrogen) atoms. The Bertz CT molecular complexity index is 1020. The van der Waals surface area contributed by atoms with Crippen LogP contribution in [-0.4, -0.2) is 23.4 Å². The van der Waals surface area contributed by atoms with E-state index in [-0.39, 0.29) is 11.5 Å². The minimum absolute atomic E-state index is 0.0565. The molecule has 1 aliphatic heterocycles. The minimum atomic E-state index is -0.582. The second-order valence-electron chi connectivity index (χ2n) is 6.57. The Hall–Kier alpha value is -2.51. The molecule has 1 aromatic carbocycles. The maximum atomic E-state index is 12.6. The van der Waals surface area contributed by atoms with Crippen LogP contribution in [0, 0.1) is 6.92 Å². The number of nitrogens with one attached hydrogen (secondary N) is 2. The Morgan fingerprint density at radius 1 is 1.38 bits per heavy atom. The van der Waals surface area contributed by atoms with Crippen LogP contribution >= 0.6 is 11.5 Å². The fourth-order valence-corrected chi connectivity index (χ4v) is 3.97. The molecule has 0 spiro atoms. The van der Waals surface area contributed by atoms with Crippen LogP contribution < -0.4 is 16.3 Å². The second-order valence-corrected chi connectivity index (χ2v) is 7.40. The molecular formula is C19H19N3O3S. The zero-order chi connectivity index (χ0) is 18.1. The number of anilines is 1. The van der Waals surface area contributed by atoms with Gasteiger partial charge in [-0.3, -0.25) is 4.79 Å². The molecule has 2 N–H and O–H groups in total. The first-order chi connectivity index (χ1) is 12.6. The quantitative estimate of drug-likeness (QED) is 0.740. The van der Waals surface area contributed by atoms with E-state index in [1.165, 1.54) is 11.5 Å². The standard InChI is InChI=1S/C19H19N3O3S/c1-11-7-15(12-3-2-6-20-9-12)25-19(24)17(11)18(23)22-14-4-5-16-13(8-14)10-21-26-16/h4-5,7-8,10,12,20H,2-3,6,9H2,1H3,(H,22,23). The first-order valence-corrected chi connectivity index (χ1v) is 9.40. The van der Waals surface area contributed by atoms with Crippen molar-refractivity contribution in [3.05, 3.63) is 57.8 Å². The first kappa shape index (κ1) is 16.9. The van der Waals surface area contributed by atoms with Crippen LogP contribution in [0.4, 0.5) is 5.69 Å². The third-order valence-electron chi connectivity index (χ3n) is 4.70. The number of hydrogen-bond donors (Lipinski definition) is 2. The van der Waals surface area contributed by atoms with Gasteiger partial charge in [0.25, 0.3) is 5.91 Å². The van der Waals surface area contributed by atoms with Crippen molar-refractivity contribution in [3.63, 3.8) is 0 Å². The van der Waals surface area contributed by atoms with Gasteiger partial charge in [0, 0.05) is 29.7 Å². The zero-order valence-corrected chi connectivity index (χ0v) is 15.2. The number of benzene rings is 1. The summed E-state index contributed by atoms with van der Waals surface area (Å²) in [5.74, 6) is 0.384. The van der Waals surface area contributed by atoms with Gasteiger partial charge in [0.1, 0.15) is 11.3 Å². The lowest BCUT2D eigenvalue weighted by molar-refractivity contribution is 0.102. The molecule has 2 aromatic heterocycles. The maximum absolute atomic E-state index is 12.6. The molecule has 3 aromatic rings. The molecule has 7 heteroatoms. The van der Waals surface area contributed by atoms with Crippen LogP contribution in [0.1, 0.15) is 40.4 Å². The summed E-state index contributed by atoms with van der Waals surface area (Å²) in [6.07, 6.45) is 3.79. The summed E-state index contributed by atoms with van der Waals surface area (Å²) in [6, 6.07) is 7.37. The zero-order valence-electron chi connectivity index (χ0n) is 14.4. The van der Waals surface area contributed by atoms with Crippen molar-refractivity contribution >= 4 is 33.2 Å². The fraction of sp³-hybridized carbons (Fsp3) is 0.316. The molecule has 0 aliphatic carbocycles. The molecule has 1 fully saturated rings. The van der Waals surface area contributed by atoms with E-state index in [0.29, 0.717) is 17.0 Å². The van der Waals surface area contributed by atoms with Gasteiger partial charge in [0.15, 0.2) is 0 Å². The SMILES string of the molecule is Cc1cc(C2CCCNC2)oc(=O)c1C(=O)Nc1ccc2sncc2c1. The number of fused-ring (bicyclic) bond motifs is 1. The van der Waals surface area contributed by atoms with Crippen molar-refractivity contribution in [2.24, 2.45) is 0 Å². The highest BCUT2D eigenvalue weighted by Crippen LogP contribution is 2.25. The molecule has 1 aliphatic rings. The molecule has 0 radical (unpaired) electrons. The number of carbonyl (C=O) groups is 1. The van der Waals surface area contributed by atoms with Gasteiger partial charge >= 0.3 is 5.63 Å². The van der Waals surface area contributed by atoms with Crippen LogP contribution in [0.3, 0.4) is 0 Å². The number of aromatic nitrogens is 1. The largest absolute Gasteiger partial charge is 0.427 e. The molecule has 1 atom stereocenters. The van der Waals surface area contributed by atoms with Gasteiger partial charge < -0.3 is 15.1 Å². The molecule has 0 bridgehead atoms. The van der Waals surface area contributed by atoms with Gasteiger partial charge in [-0.15, -0.1) is 0 Å². The number of carbonyl (C=O) groups excluding carboxylic acids is 1. The van der Waals surface area contributed by atoms with Crippen molar-refractivity contribution in [3.8, 4) is 0 Å². The van der Waals surface area contributed by atoms with E-state index in [0.717, 1.165) is 36.0 Å². The number of aryl methyl sites for hydroxylation is 1. The number of rotatable bonds is 3.